The molecule has 11 heteroatoms. The molecule has 2 amide bonds. The van der Waals surface area contributed by atoms with Gasteiger partial charge in [0, 0.05) is 62.6 Å². The van der Waals surface area contributed by atoms with E-state index in [1.165, 1.54) is 0 Å². The maximum Gasteiger partial charge on any atom is 0.410 e. The summed E-state index contributed by atoms with van der Waals surface area (Å²) in [6.07, 6.45) is 6.24. The van der Waals surface area contributed by atoms with Crippen molar-refractivity contribution < 1.29 is 14.3 Å². The van der Waals surface area contributed by atoms with E-state index in [0.29, 0.717) is 68.6 Å². The zero-order valence-corrected chi connectivity index (χ0v) is 24.3. The van der Waals surface area contributed by atoms with Crippen LogP contribution in [0.25, 0.3) is 5.69 Å². The van der Waals surface area contributed by atoms with Crippen molar-refractivity contribution in [2.24, 2.45) is 0 Å². The highest BCUT2D eigenvalue weighted by molar-refractivity contribution is 6.31. The largest absolute Gasteiger partial charge is 0.444 e. The van der Waals surface area contributed by atoms with E-state index < -0.39 is 5.60 Å². The fourth-order valence-electron chi connectivity index (χ4n) is 5.33. The molecule has 2 aliphatic heterocycles. The number of carbonyl (C=O) groups excluding carboxylic acids is 2. The third-order valence-corrected chi connectivity index (χ3v) is 7.85. The summed E-state index contributed by atoms with van der Waals surface area (Å²) in [7, 11) is 0. The second-order valence-corrected chi connectivity index (χ2v) is 11.7. The Morgan fingerprint density at radius 2 is 1.62 bits per heavy atom. The van der Waals surface area contributed by atoms with E-state index in [1.54, 1.807) is 29.6 Å². The van der Waals surface area contributed by atoms with Gasteiger partial charge >= 0.3 is 6.09 Å². The van der Waals surface area contributed by atoms with Crippen LogP contribution in [0.4, 0.5) is 10.7 Å². The number of hydrogen-bond donors (Lipinski definition) is 0. The lowest BCUT2D eigenvalue weighted by molar-refractivity contribution is 0.0203. The second kappa shape index (κ2) is 11.4. The van der Waals surface area contributed by atoms with Crippen molar-refractivity contribution in [3.05, 3.63) is 64.7 Å². The van der Waals surface area contributed by atoms with Crippen LogP contribution in [0.5, 0.6) is 0 Å². The molecule has 2 aromatic heterocycles. The Bertz CT molecular complexity index is 1360. The van der Waals surface area contributed by atoms with Crippen molar-refractivity contribution in [3.8, 4) is 5.69 Å². The van der Waals surface area contributed by atoms with Crippen molar-refractivity contribution >= 4 is 29.5 Å². The summed E-state index contributed by atoms with van der Waals surface area (Å²) in [6, 6.07) is 7.51. The van der Waals surface area contributed by atoms with E-state index in [2.05, 4.69) is 14.9 Å². The first-order chi connectivity index (χ1) is 19.1. The molecule has 0 spiro atoms. The molecule has 2 aliphatic rings. The molecule has 0 saturated carbocycles. The number of piperidine rings is 1. The van der Waals surface area contributed by atoms with Gasteiger partial charge < -0.3 is 19.4 Å². The van der Waals surface area contributed by atoms with E-state index in [0.717, 1.165) is 16.9 Å². The van der Waals surface area contributed by atoms with Gasteiger partial charge in [0.2, 0.25) is 5.95 Å². The van der Waals surface area contributed by atoms with Gasteiger partial charge in [-0.1, -0.05) is 17.7 Å². The standard InChI is InChI=1S/C29H36ClN7O3/c1-20-23(30)7-5-8-24(20)37-25(21-9-13-36(14-10-21)28(39)40-29(2,3)4)22(19-33-37)26(38)34-15-17-35(18-16-34)27-31-11-6-12-32-27/h5-8,11-12,19,21H,9-10,13-18H2,1-4H3. The fourth-order valence-corrected chi connectivity index (χ4v) is 5.50. The average Bonchev–Trinajstić information content (AvgIpc) is 3.39. The van der Waals surface area contributed by atoms with E-state index in [-0.39, 0.29) is 17.9 Å². The Labute approximate surface area is 239 Å². The van der Waals surface area contributed by atoms with Gasteiger partial charge in [-0.2, -0.15) is 5.10 Å². The van der Waals surface area contributed by atoms with Gasteiger partial charge in [0.1, 0.15) is 5.60 Å². The number of rotatable bonds is 4. The molecule has 10 nitrogen and oxygen atoms in total. The Kier molecular flexibility index (Phi) is 7.98. The van der Waals surface area contributed by atoms with E-state index in [1.807, 2.05) is 55.5 Å². The zero-order chi connectivity index (χ0) is 28.4. The SMILES string of the molecule is Cc1c(Cl)cccc1-n1ncc(C(=O)N2CCN(c3ncccn3)CC2)c1C1CCN(C(=O)OC(C)(C)C)CC1. The maximum absolute atomic E-state index is 13.9. The number of anilines is 1. The van der Waals surface area contributed by atoms with E-state index in [4.69, 9.17) is 21.4 Å². The predicted octanol–water partition coefficient (Wildman–Crippen LogP) is 4.70. The Balaban J connectivity index is 1.39. The van der Waals surface area contributed by atoms with Gasteiger partial charge in [-0.15, -0.1) is 0 Å². The third-order valence-electron chi connectivity index (χ3n) is 7.44. The molecule has 0 unspecified atom stereocenters. The molecule has 5 rings (SSSR count). The number of aromatic nitrogens is 4. The Hall–Kier alpha value is -3.66. The summed E-state index contributed by atoms with van der Waals surface area (Å²) < 4.78 is 7.46. The van der Waals surface area contributed by atoms with Crippen LogP contribution < -0.4 is 4.90 Å². The van der Waals surface area contributed by atoms with Crippen LogP contribution in [0.1, 0.15) is 61.1 Å². The quantitative estimate of drug-likeness (QED) is 0.452. The van der Waals surface area contributed by atoms with Crippen LogP contribution in [0.2, 0.25) is 5.02 Å². The first kappa shape index (κ1) is 27.9. The molecule has 1 aromatic carbocycles. The molecule has 0 N–H and O–H groups in total. The highest BCUT2D eigenvalue weighted by Crippen LogP contribution is 2.35. The summed E-state index contributed by atoms with van der Waals surface area (Å²) in [5.41, 5.74) is 2.66. The number of likely N-dealkylation sites (tertiary alicyclic amines) is 1. The molecule has 2 saturated heterocycles. The topological polar surface area (TPSA) is 96.7 Å². The molecule has 0 atom stereocenters. The molecule has 4 heterocycles. The van der Waals surface area contributed by atoms with Gasteiger partial charge in [-0.05, 0) is 64.3 Å². The van der Waals surface area contributed by atoms with Gasteiger partial charge in [0.25, 0.3) is 5.91 Å². The first-order valence-electron chi connectivity index (χ1n) is 13.7. The number of nitrogens with zero attached hydrogens (tertiary/aromatic N) is 7. The number of hydrogen-bond acceptors (Lipinski definition) is 7. The number of benzene rings is 1. The smallest absolute Gasteiger partial charge is 0.410 e. The highest BCUT2D eigenvalue weighted by atomic mass is 35.5. The summed E-state index contributed by atoms with van der Waals surface area (Å²) in [5.74, 6) is 0.679. The predicted molar refractivity (Wildman–Crippen MR) is 153 cm³/mol. The monoisotopic (exact) mass is 565 g/mol. The minimum atomic E-state index is -0.549. The number of ether oxygens (including phenoxy) is 1. The molecule has 3 aromatic rings. The lowest BCUT2D eigenvalue weighted by Crippen LogP contribution is -2.49. The van der Waals surface area contributed by atoms with Crippen molar-refractivity contribution in [1.29, 1.82) is 0 Å². The molecule has 212 valence electrons. The van der Waals surface area contributed by atoms with Crippen molar-refractivity contribution in [1.82, 2.24) is 29.5 Å². The number of halogens is 1. The number of amides is 2. The zero-order valence-electron chi connectivity index (χ0n) is 23.5. The van der Waals surface area contributed by atoms with Gasteiger partial charge in [0.05, 0.1) is 23.1 Å². The maximum atomic E-state index is 13.9. The normalized spacial score (nSPS) is 16.8. The Morgan fingerprint density at radius 1 is 0.950 bits per heavy atom. The van der Waals surface area contributed by atoms with Crippen LogP contribution in [-0.2, 0) is 4.74 Å². The lowest BCUT2D eigenvalue weighted by atomic mass is 9.90. The van der Waals surface area contributed by atoms with Crippen LogP contribution in [0.15, 0.2) is 42.9 Å². The lowest BCUT2D eigenvalue weighted by Gasteiger charge is -2.36. The second-order valence-electron chi connectivity index (χ2n) is 11.3. The highest BCUT2D eigenvalue weighted by Gasteiger charge is 2.34. The minimum Gasteiger partial charge on any atom is -0.444 e. The number of piperazine rings is 1. The van der Waals surface area contributed by atoms with Crippen LogP contribution in [0.3, 0.4) is 0 Å². The molecule has 0 bridgehead atoms. The fraction of sp³-hybridized carbons (Fsp3) is 0.483. The molecular weight excluding hydrogens is 530 g/mol. The van der Waals surface area contributed by atoms with Crippen molar-refractivity contribution in [2.75, 3.05) is 44.2 Å². The van der Waals surface area contributed by atoms with Crippen LogP contribution in [-0.4, -0.2) is 86.4 Å². The molecule has 40 heavy (non-hydrogen) atoms. The van der Waals surface area contributed by atoms with Crippen molar-refractivity contribution in [3.63, 3.8) is 0 Å². The Morgan fingerprint density at radius 3 is 2.27 bits per heavy atom. The molecule has 0 aliphatic carbocycles. The summed E-state index contributed by atoms with van der Waals surface area (Å²) in [6.45, 7) is 11.1. The van der Waals surface area contributed by atoms with Gasteiger partial charge in [0.15, 0.2) is 0 Å². The first-order valence-corrected chi connectivity index (χ1v) is 14.1. The van der Waals surface area contributed by atoms with Crippen LogP contribution in [0, 0.1) is 6.92 Å². The van der Waals surface area contributed by atoms with Crippen molar-refractivity contribution in [2.45, 2.75) is 52.1 Å². The molecular formula is C29H36ClN7O3. The minimum absolute atomic E-state index is 0.0378. The molecule has 0 radical (unpaired) electrons. The summed E-state index contributed by atoms with van der Waals surface area (Å²) in [4.78, 5) is 41.0. The van der Waals surface area contributed by atoms with Gasteiger partial charge in [-0.3, -0.25) is 4.79 Å². The van der Waals surface area contributed by atoms with Crippen LogP contribution >= 0.6 is 11.6 Å². The van der Waals surface area contributed by atoms with Gasteiger partial charge in [-0.25, -0.2) is 19.4 Å². The molecule has 2 fully saturated rings. The third kappa shape index (κ3) is 5.91. The summed E-state index contributed by atoms with van der Waals surface area (Å²) in [5, 5.41) is 5.36. The number of carbonyl (C=O) groups is 2. The average molecular weight is 566 g/mol. The van der Waals surface area contributed by atoms with E-state index in [9.17, 15) is 9.59 Å². The van der Waals surface area contributed by atoms with E-state index >= 15 is 0 Å². The summed E-state index contributed by atoms with van der Waals surface area (Å²) >= 11 is 6.47.